The van der Waals surface area contributed by atoms with Gasteiger partial charge in [0.05, 0.1) is 30.7 Å². The van der Waals surface area contributed by atoms with Gasteiger partial charge in [0.25, 0.3) is 0 Å². The van der Waals surface area contributed by atoms with Crippen LogP contribution in [0.1, 0.15) is 46.6 Å². The summed E-state index contributed by atoms with van der Waals surface area (Å²) < 4.78 is 31.7. The molecule has 1 aliphatic carbocycles. The monoisotopic (exact) mass is 428 g/mol. The highest BCUT2D eigenvalue weighted by atomic mass is 35.5. The zero-order valence-electron chi connectivity index (χ0n) is 16.5. The highest BCUT2D eigenvalue weighted by Gasteiger charge is 2.30. The molecule has 10 heteroatoms. The Morgan fingerprint density at radius 1 is 1.14 bits per heavy atom. The van der Waals surface area contributed by atoms with Gasteiger partial charge in [-0.15, -0.1) is 0 Å². The van der Waals surface area contributed by atoms with E-state index in [1.807, 2.05) is 44.4 Å². The molecular formula is C18H26ClN4O4P. The lowest BCUT2D eigenvalue weighted by molar-refractivity contribution is 0.0670. The molecule has 28 heavy (non-hydrogen) atoms. The van der Waals surface area contributed by atoms with Crippen molar-refractivity contribution >= 4 is 30.4 Å². The molecule has 0 aliphatic heterocycles. The zero-order valence-corrected chi connectivity index (χ0v) is 18.1. The van der Waals surface area contributed by atoms with Crippen LogP contribution >= 0.6 is 19.2 Å². The van der Waals surface area contributed by atoms with Crippen LogP contribution in [-0.2, 0) is 18.3 Å². The number of fused-ring (bicyclic) bond motifs is 1. The van der Waals surface area contributed by atoms with Gasteiger partial charge < -0.3 is 18.4 Å². The zero-order chi connectivity index (χ0) is 20.3. The Hall–Kier alpha value is -1.31. The van der Waals surface area contributed by atoms with E-state index in [4.69, 9.17) is 25.4 Å². The third-order valence-electron chi connectivity index (χ3n) is 4.16. The second kappa shape index (κ2) is 9.01. The first kappa shape index (κ1) is 21.4. The van der Waals surface area contributed by atoms with Gasteiger partial charge in [0.2, 0.25) is 0 Å². The molecule has 0 amide bonds. The van der Waals surface area contributed by atoms with Crippen LogP contribution in [0.15, 0.2) is 24.8 Å². The molecule has 2 aromatic heterocycles. The minimum absolute atomic E-state index is 0.0727. The van der Waals surface area contributed by atoms with Gasteiger partial charge in [-0.25, -0.2) is 15.0 Å². The summed E-state index contributed by atoms with van der Waals surface area (Å²) in [4.78, 5) is 12.5. The van der Waals surface area contributed by atoms with Crippen LogP contribution < -0.4 is 0 Å². The van der Waals surface area contributed by atoms with Gasteiger partial charge in [-0.2, -0.15) is 0 Å². The van der Waals surface area contributed by atoms with Crippen LogP contribution in [0.5, 0.6) is 0 Å². The van der Waals surface area contributed by atoms with Crippen molar-refractivity contribution in [2.45, 2.75) is 64.9 Å². The average Bonchev–Trinajstić information content (AvgIpc) is 3.04. The van der Waals surface area contributed by atoms with E-state index in [-0.39, 0.29) is 30.7 Å². The molecule has 0 unspecified atom stereocenters. The molecule has 154 valence electrons. The van der Waals surface area contributed by atoms with Gasteiger partial charge in [-0.05, 0) is 40.5 Å². The largest absolute Gasteiger partial charge is 0.362 e. The predicted molar refractivity (Wildman–Crippen MR) is 108 cm³/mol. The number of imidazole rings is 1. The van der Waals surface area contributed by atoms with Gasteiger partial charge in [0.1, 0.15) is 18.2 Å². The maximum atomic E-state index is 12.9. The molecule has 0 saturated heterocycles. The molecule has 0 fully saturated rings. The number of aromatic nitrogens is 4. The second-order valence-corrected chi connectivity index (χ2v) is 9.53. The van der Waals surface area contributed by atoms with Gasteiger partial charge in [-0.1, -0.05) is 23.8 Å². The van der Waals surface area contributed by atoms with Crippen LogP contribution in [-0.4, -0.2) is 44.2 Å². The highest BCUT2D eigenvalue weighted by molar-refractivity contribution is 7.53. The summed E-state index contributed by atoms with van der Waals surface area (Å²) >= 11 is 6.21. The average molecular weight is 429 g/mol. The van der Waals surface area contributed by atoms with Crippen molar-refractivity contribution in [3.63, 3.8) is 0 Å². The summed E-state index contributed by atoms with van der Waals surface area (Å²) in [5.74, 6) is 0. The van der Waals surface area contributed by atoms with Crippen molar-refractivity contribution in [1.29, 1.82) is 0 Å². The summed E-state index contributed by atoms with van der Waals surface area (Å²) in [6.45, 7) is 7.30. The highest BCUT2D eigenvalue weighted by Crippen LogP contribution is 2.50. The molecule has 0 spiro atoms. The number of hydrogen-bond acceptors (Lipinski definition) is 7. The normalized spacial score (nSPS) is 20.5. The smallest absolute Gasteiger partial charge is 0.356 e. The second-order valence-electron chi connectivity index (χ2n) is 7.27. The molecule has 0 aromatic carbocycles. The quantitative estimate of drug-likeness (QED) is 0.340. The topological polar surface area (TPSA) is 88.4 Å². The maximum absolute atomic E-state index is 12.9. The molecule has 0 N–H and O–H groups in total. The van der Waals surface area contributed by atoms with Gasteiger partial charge in [0.15, 0.2) is 10.8 Å². The fourth-order valence-electron chi connectivity index (χ4n) is 3.16. The van der Waals surface area contributed by atoms with Crippen molar-refractivity contribution in [3.8, 4) is 0 Å². The fourth-order valence-corrected chi connectivity index (χ4v) is 5.21. The molecule has 2 atom stereocenters. The predicted octanol–water partition coefficient (Wildman–Crippen LogP) is 4.76. The first-order valence-electron chi connectivity index (χ1n) is 9.36. The van der Waals surface area contributed by atoms with E-state index in [1.54, 1.807) is 6.33 Å². The lowest BCUT2D eigenvalue weighted by Gasteiger charge is -2.27. The molecule has 0 saturated carbocycles. The Bertz CT molecular complexity index is 872. The number of allylic oxidation sites excluding steroid dienone is 1. The van der Waals surface area contributed by atoms with E-state index in [0.717, 1.165) is 18.4 Å². The molecule has 3 rings (SSSR count). The Morgan fingerprint density at radius 2 is 1.86 bits per heavy atom. The lowest BCUT2D eigenvalue weighted by Crippen LogP contribution is -2.21. The third-order valence-corrected chi connectivity index (χ3v) is 6.39. The van der Waals surface area contributed by atoms with Crippen LogP contribution in [0.25, 0.3) is 11.2 Å². The molecule has 0 radical (unpaired) electrons. The van der Waals surface area contributed by atoms with Crippen LogP contribution in [0.4, 0.5) is 0 Å². The minimum atomic E-state index is -3.31. The fraction of sp³-hybridized carbons (Fsp3) is 0.611. The number of ether oxygens (including phenoxy) is 1. The first-order valence-corrected chi connectivity index (χ1v) is 11.5. The SMILES string of the molecule is CC(C)OP(=O)(CO[C@@H]1C=C[C@H](n2cnc3ncnc(Cl)c32)CC1)OC(C)C. The molecule has 1 aliphatic rings. The van der Waals surface area contributed by atoms with Crippen LogP contribution in [0.3, 0.4) is 0 Å². The molecule has 2 aromatic rings. The van der Waals surface area contributed by atoms with Gasteiger partial charge in [-0.3, -0.25) is 4.57 Å². The Labute approximate surface area is 169 Å². The first-order chi connectivity index (χ1) is 13.3. The van der Waals surface area contributed by atoms with Crippen molar-refractivity contribution in [3.05, 3.63) is 30.0 Å². The molecule has 2 heterocycles. The van der Waals surface area contributed by atoms with E-state index in [0.29, 0.717) is 10.8 Å². The van der Waals surface area contributed by atoms with E-state index < -0.39 is 7.60 Å². The Morgan fingerprint density at radius 3 is 2.46 bits per heavy atom. The van der Waals surface area contributed by atoms with Crippen molar-refractivity contribution in [2.75, 3.05) is 6.35 Å². The van der Waals surface area contributed by atoms with Crippen molar-refractivity contribution in [2.24, 2.45) is 0 Å². The maximum Gasteiger partial charge on any atom is 0.356 e. The molecule has 0 bridgehead atoms. The minimum Gasteiger partial charge on any atom is -0.362 e. The van der Waals surface area contributed by atoms with Crippen LogP contribution in [0.2, 0.25) is 5.15 Å². The number of halogens is 1. The van der Waals surface area contributed by atoms with Gasteiger partial charge in [0, 0.05) is 0 Å². The molecule has 8 nitrogen and oxygen atoms in total. The van der Waals surface area contributed by atoms with Crippen molar-refractivity contribution < 1.29 is 18.3 Å². The standard InChI is InChI=1S/C18H26ClN4O4P/c1-12(2)26-28(24,27-13(3)4)11-25-15-7-5-14(6-8-15)23-10-22-18-16(23)17(19)20-9-21-18/h5,7,9-10,12-15H,6,8,11H2,1-4H3/t14-,15+/m0/s1. The summed E-state index contributed by atoms with van der Waals surface area (Å²) in [5, 5.41) is 0.381. The number of nitrogens with zero attached hydrogens (tertiary/aromatic N) is 4. The third kappa shape index (κ3) is 5.19. The molecular weight excluding hydrogens is 403 g/mol. The summed E-state index contributed by atoms with van der Waals surface area (Å²) in [7, 11) is -3.31. The summed E-state index contributed by atoms with van der Waals surface area (Å²) in [6.07, 6.45) is 8.06. The van der Waals surface area contributed by atoms with E-state index in [1.165, 1.54) is 6.33 Å². The lowest BCUT2D eigenvalue weighted by atomic mass is 10.0. The van der Waals surface area contributed by atoms with E-state index in [9.17, 15) is 4.57 Å². The number of rotatable bonds is 8. The van der Waals surface area contributed by atoms with Crippen molar-refractivity contribution in [1.82, 2.24) is 19.5 Å². The van der Waals surface area contributed by atoms with Crippen LogP contribution in [0, 0.1) is 0 Å². The van der Waals surface area contributed by atoms with E-state index >= 15 is 0 Å². The summed E-state index contributed by atoms with van der Waals surface area (Å²) in [6, 6.07) is 0.0824. The number of hydrogen-bond donors (Lipinski definition) is 0. The Kier molecular flexibility index (Phi) is 6.89. The summed E-state index contributed by atoms with van der Waals surface area (Å²) in [5.41, 5.74) is 1.29. The van der Waals surface area contributed by atoms with Gasteiger partial charge >= 0.3 is 7.60 Å². The van der Waals surface area contributed by atoms with E-state index in [2.05, 4.69) is 15.0 Å². The Balaban J connectivity index is 1.65.